The molecular weight excluding hydrogens is 420 g/mol. The lowest BCUT2D eigenvalue weighted by Crippen LogP contribution is -2.26. The van der Waals surface area contributed by atoms with E-state index in [2.05, 4.69) is 20.9 Å². The molecule has 1 amide bonds. The average molecular weight is 444 g/mol. The van der Waals surface area contributed by atoms with Crippen LogP contribution >= 0.6 is 0 Å². The Balaban J connectivity index is 1.41. The van der Waals surface area contributed by atoms with E-state index in [1.807, 2.05) is 42.5 Å². The SMILES string of the molecule is O=C(O)CC(Oc1cccc(NC(=O)c2ccc(NC3=NCCN3)cc2)c1)c1ccccc1. The molecule has 0 saturated carbocycles. The minimum absolute atomic E-state index is 0.178. The lowest BCUT2D eigenvalue weighted by molar-refractivity contribution is -0.138. The summed E-state index contributed by atoms with van der Waals surface area (Å²) in [6.45, 7) is 1.56. The van der Waals surface area contributed by atoms with Crippen LogP contribution in [0, 0.1) is 0 Å². The van der Waals surface area contributed by atoms with Gasteiger partial charge in [-0.3, -0.25) is 14.6 Å². The van der Waals surface area contributed by atoms with Gasteiger partial charge >= 0.3 is 5.97 Å². The topological polar surface area (TPSA) is 112 Å². The largest absolute Gasteiger partial charge is 0.485 e. The first-order chi connectivity index (χ1) is 16.1. The molecule has 1 unspecified atom stereocenters. The van der Waals surface area contributed by atoms with E-state index < -0.39 is 12.1 Å². The summed E-state index contributed by atoms with van der Waals surface area (Å²) in [6.07, 6.45) is -0.822. The number of guanidine groups is 1. The van der Waals surface area contributed by atoms with Crippen molar-refractivity contribution in [1.82, 2.24) is 5.32 Å². The molecule has 33 heavy (non-hydrogen) atoms. The second-order valence-electron chi connectivity index (χ2n) is 7.46. The number of carboxylic acid groups (broad SMARTS) is 1. The van der Waals surface area contributed by atoms with Gasteiger partial charge in [0.15, 0.2) is 5.96 Å². The van der Waals surface area contributed by atoms with Gasteiger partial charge in [-0.15, -0.1) is 0 Å². The molecule has 1 atom stereocenters. The molecule has 4 rings (SSSR count). The molecule has 8 nitrogen and oxygen atoms in total. The molecule has 0 bridgehead atoms. The predicted octanol–water partition coefficient (Wildman–Crippen LogP) is 3.90. The van der Waals surface area contributed by atoms with E-state index in [9.17, 15) is 14.7 Å². The summed E-state index contributed by atoms with van der Waals surface area (Å²) in [5.41, 5.74) is 2.65. The summed E-state index contributed by atoms with van der Waals surface area (Å²) >= 11 is 0. The van der Waals surface area contributed by atoms with Gasteiger partial charge in [-0.1, -0.05) is 36.4 Å². The zero-order chi connectivity index (χ0) is 23.0. The second-order valence-corrected chi connectivity index (χ2v) is 7.46. The van der Waals surface area contributed by atoms with E-state index in [-0.39, 0.29) is 12.3 Å². The van der Waals surface area contributed by atoms with E-state index >= 15 is 0 Å². The van der Waals surface area contributed by atoms with Crippen molar-refractivity contribution >= 4 is 29.2 Å². The standard InChI is InChI=1S/C25H24N4O4/c30-23(31)16-22(17-5-2-1-3-6-17)33-21-8-4-7-20(15-21)28-24(32)18-9-11-19(12-10-18)29-25-26-13-14-27-25/h1-12,15,22H,13-14,16H2,(H,28,32)(H,30,31)(H2,26,27,29). The zero-order valence-corrected chi connectivity index (χ0v) is 17.8. The molecule has 3 aromatic carbocycles. The van der Waals surface area contributed by atoms with Crippen molar-refractivity contribution in [3.63, 3.8) is 0 Å². The van der Waals surface area contributed by atoms with Gasteiger partial charge in [0.05, 0.1) is 13.0 Å². The normalized spacial score (nSPS) is 13.4. The van der Waals surface area contributed by atoms with Crippen LogP contribution in [-0.4, -0.2) is 36.0 Å². The van der Waals surface area contributed by atoms with E-state index in [4.69, 9.17) is 4.74 Å². The number of hydrogen-bond donors (Lipinski definition) is 4. The number of benzene rings is 3. The van der Waals surface area contributed by atoms with Gasteiger partial charge < -0.3 is 25.8 Å². The number of ether oxygens (including phenoxy) is 1. The summed E-state index contributed by atoms with van der Waals surface area (Å²) < 4.78 is 5.96. The molecule has 0 saturated heterocycles. The number of anilines is 2. The first-order valence-corrected chi connectivity index (χ1v) is 10.6. The monoisotopic (exact) mass is 444 g/mol. The third kappa shape index (κ3) is 6.10. The fraction of sp³-hybridized carbons (Fsp3) is 0.160. The maximum absolute atomic E-state index is 12.7. The van der Waals surface area contributed by atoms with Gasteiger partial charge in [-0.25, -0.2) is 0 Å². The Hall–Kier alpha value is -4.33. The highest BCUT2D eigenvalue weighted by Gasteiger charge is 2.18. The zero-order valence-electron chi connectivity index (χ0n) is 17.8. The van der Waals surface area contributed by atoms with Crippen molar-refractivity contribution in [3.8, 4) is 5.75 Å². The number of hydrogen-bond acceptors (Lipinski definition) is 6. The highest BCUT2D eigenvalue weighted by atomic mass is 16.5. The molecule has 1 aliphatic heterocycles. The van der Waals surface area contributed by atoms with Crippen LogP contribution in [0.1, 0.15) is 28.4 Å². The van der Waals surface area contributed by atoms with Gasteiger partial charge in [0.25, 0.3) is 5.91 Å². The molecule has 1 aliphatic rings. The summed E-state index contributed by atoms with van der Waals surface area (Å²) in [4.78, 5) is 28.3. The van der Waals surface area contributed by atoms with Crippen LogP contribution < -0.4 is 20.7 Å². The molecule has 0 fully saturated rings. The van der Waals surface area contributed by atoms with Crippen molar-refractivity contribution in [1.29, 1.82) is 0 Å². The molecule has 1 heterocycles. The number of nitrogens with zero attached hydrogens (tertiary/aromatic N) is 1. The van der Waals surface area contributed by atoms with E-state index in [1.54, 1.807) is 36.4 Å². The second kappa shape index (κ2) is 10.3. The first-order valence-electron chi connectivity index (χ1n) is 10.6. The molecule has 0 aliphatic carbocycles. The fourth-order valence-corrected chi connectivity index (χ4v) is 3.39. The average Bonchev–Trinajstić information content (AvgIpc) is 3.33. The summed E-state index contributed by atoms with van der Waals surface area (Å²) in [5, 5.41) is 18.4. The molecule has 0 spiro atoms. The van der Waals surface area contributed by atoms with Crippen molar-refractivity contribution in [2.24, 2.45) is 4.99 Å². The van der Waals surface area contributed by atoms with Crippen LogP contribution in [0.4, 0.5) is 11.4 Å². The summed E-state index contributed by atoms with van der Waals surface area (Å²) in [7, 11) is 0. The smallest absolute Gasteiger partial charge is 0.307 e. The van der Waals surface area contributed by atoms with Crippen LogP contribution in [0.2, 0.25) is 0 Å². The Kier molecular flexibility index (Phi) is 6.84. The minimum Gasteiger partial charge on any atom is -0.485 e. The van der Waals surface area contributed by atoms with Crippen LogP contribution in [0.5, 0.6) is 5.75 Å². The number of rotatable bonds is 8. The minimum atomic E-state index is -0.956. The summed E-state index contributed by atoms with van der Waals surface area (Å²) in [6, 6.07) is 23.2. The van der Waals surface area contributed by atoms with Crippen molar-refractivity contribution in [2.45, 2.75) is 12.5 Å². The van der Waals surface area contributed by atoms with Crippen molar-refractivity contribution in [3.05, 3.63) is 90.0 Å². The van der Waals surface area contributed by atoms with Crippen LogP contribution in [0.25, 0.3) is 0 Å². The van der Waals surface area contributed by atoms with E-state index in [0.29, 0.717) is 17.0 Å². The maximum atomic E-state index is 12.7. The fourth-order valence-electron chi connectivity index (χ4n) is 3.39. The van der Waals surface area contributed by atoms with Gasteiger partial charge in [0, 0.05) is 29.5 Å². The van der Waals surface area contributed by atoms with E-state index in [1.165, 1.54) is 0 Å². The first kappa shape index (κ1) is 21.9. The highest BCUT2D eigenvalue weighted by Crippen LogP contribution is 2.27. The Bertz CT molecular complexity index is 1150. The number of aliphatic carboxylic acids is 1. The molecule has 4 N–H and O–H groups in total. The Labute approximate surface area is 191 Å². The molecule has 168 valence electrons. The Morgan fingerprint density at radius 3 is 2.48 bits per heavy atom. The molecule has 0 aromatic heterocycles. The lowest BCUT2D eigenvalue weighted by Gasteiger charge is -2.18. The Morgan fingerprint density at radius 1 is 1.00 bits per heavy atom. The van der Waals surface area contributed by atoms with Crippen molar-refractivity contribution in [2.75, 3.05) is 23.7 Å². The van der Waals surface area contributed by atoms with E-state index in [0.717, 1.165) is 30.3 Å². The van der Waals surface area contributed by atoms with Crippen LogP contribution in [-0.2, 0) is 4.79 Å². The lowest BCUT2D eigenvalue weighted by atomic mass is 10.1. The third-order valence-corrected chi connectivity index (χ3v) is 4.99. The van der Waals surface area contributed by atoms with Gasteiger partial charge in [-0.2, -0.15) is 0 Å². The third-order valence-electron chi connectivity index (χ3n) is 4.99. The van der Waals surface area contributed by atoms with Gasteiger partial charge in [-0.05, 0) is 42.0 Å². The molecule has 0 radical (unpaired) electrons. The number of carbonyl (C=O) groups is 2. The van der Waals surface area contributed by atoms with Crippen LogP contribution in [0.15, 0.2) is 83.9 Å². The predicted molar refractivity (Wildman–Crippen MR) is 127 cm³/mol. The van der Waals surface area contributed by atoms with Gasteiger partial charge in [0.2, 0.25) is 0 Å². The summed E-state index contributed by atoms with van der Waals surface area (Å²) in [5.74, 6) is -0.0322. The Morgan fingerprint density at radius 2 is 1.79 bits per heavy atom. The number of nitrogens with one attached hydrogen (secondary N) is 3. The number of carboxylic acids is 1. The number of amides is 1. The number of carbonyl (C=O) groups excluding carboxylic acids is 1. The number of aliphatic imine (C=N–C) groups is 1. The molecule has 3 aromatic rings. The maximum Gasteiger partial charge on any atom is 0.307 e. The molecule has 8 heteroatoms. The van der Waals surface area contributed by atoms with Crippen LogP contribution in [0.3, 0.4) is 0 Å². The molecular formula is C25H24N4O4. The van der Waals surface area contributed by atoms with Gasteiger partial charge in [0.1, 0.15) is 11.9 Å². The highest BCUT2D eigenvalue weighted by molar-refractivity contribution is 6.04. The quantitative estimate of drug-likeness (QED) is 0.419. The van der Waals surface area contributed by atoms with Crippen molar-refractivity contribution < 1.29 is 19.4 Å².